The van der Waals surface area contributed by atoms with Crippen LogP contribution in [-0.4, -0.2) is 24.5 Å². The van der Waals surface area contributed by atoms with Crippen LogP contribution in [0.5, 0.6) is 0 Å². The number of piperidine rings is 1. The first-order valence-corrected chi connectivity index (χ1v) is 6.72. The van der Waals surface area contributed by atoms with Gasteiger partial charge in [0.15, 0.2) is 0 Å². The fraction of sp³-hybridized carbons (Fsp3) is 0.923. The third kappa shape index (κ3) is 3.78. The lowest BCUT2D eigenvalue weighted by atomic mass is 9.95. The molecule has 94 valence electrons. The van der Waals surface area contributed by atoms with Crippen LogP contribution in [0, 0.1) is 5.92 Å². The molecule has 1 fully saturated rings. The smallest absolute Gasteiger partial charge is 0.237 e. The molecule has 0 aromatic rings. The predicted molar refractivity (Wildman–Crippen MR) is 67.3 cm³/mol. The maximum Gasteiger partial charge on any atom is 0.237 e. The first-order chi connectivity index (χ1) is 7.69. The van der Waals surface area contributed by atoms with Gasteiger partial charge in [0, 0.05) is 6.04 Å². The van der Waals surface area contributed by atoms with Crippen LogP contribution in [0.4, 0.5) is 0 Å². The fourth-order valence-corrected chi connectivity index (χ4v) is 2.51. The van der Waals surface area contributed by atoms with Crippen molar-refractivity contribution in [3.8, 4) is 0 Å². The standard InChI is InChI=1S/C13H26N2O/c1-4-11(5-2)10(3)15-13(16)12-8-6-7-9-14-12/h10-12,14H,4-9H2,1-3H3,(H,15,16)/t10?,12-/m0/s1. The number of carbonyl (C=O) groups is 1. The lowest BCUT2D eigenvalue weighted by Crippen LogP contribution is -2.50. The van der Waals surface area contributed by atoms with E-state index in [9.17, 15) is 4.79 Å². The summed E-state index contributed by atoms with van der Waals surface area (Å²) < 4.78 is 0. The summed E-state index contributed by atoms with van der Waals surface area (Å²) in [6, 6.07) is 0.344. The number of nitrogens with one attached hydrogen (secondary N) is 2. The summed E-state index contributed by atoms with van der Waals surface area (Å²) in [6.45, 7) is 7.49. The highest BCUT2D eigenvalue weighted by molar-refractivity contribution is 5.82. The van der Waals surface area contributed by atoms with Crippen molar-refractivity contribution in [1.82, 2.24) is 10.6 Å². The molecule has 16 heavy (non-hydrogen) atoms. The van der Waals surface area contributed by atoms with Crippen LogP contribution in [0.25, 0.3) is 0 Å². The number of carbonyl (C=O) groups excluding carboxylic acids is 1. The molecular formula is C13H26N2O. The number of hydrogen-bond donors (Lipinski definition) is 2. The molecule has 3 nitrogen and oxygen atoms in total. The monoisotopic (exact) mass is 226 g/mol. The molecule has 1 heterocycles. The van der Waals surface area contributed by atoms with Crippen LogP contribution in [0.2, 0.25) is 0 Å². The van der Waals surface area contributed by atoms with Gasteiger partial charge in [-0.1, -0.05) is 33.1 Å². The van der Waals surface area contributed by atoms with E-state index in [4.69, 9.17) is 0 Å². The van der Waals surface area contributed by atoms with Crippen molar-refractivity contribution in [3.05, 3.63) is 0 Å². The third-order valence-corrected chi connectivity index (χ3v) is 3.75. The van der Waals surface area contributed by atoms with Crippen molar-refractivity contribution >= 4 is 5.91 Å². The maximum atomic E-state index is 12.0. The molecule has 0 bridgehead atoms. The van der Waals surface area contributed by atoms with E-state index in [2.05, 4.69) is 31.4 Å². The topological polar surface area (TPSA) is 41.1 Å². The fourth-order valence-electron chi connectivity index (χ4n) is 2.51. The van der Waals surface area contributed by atoms with Gasteiger partial charge in [0.2, 0.25) is 5.91 Å². The summed E-state index contributed by atoms with van der Waals surface area (Å²) in [6.07, 6.45) is 5.63. The Kier molecular flexibility index (Phi) is 5.81. The molecule has 0 aliphatic carbocycles. The Morgan fingerprint density at radius 2 is 2.06 bits per heavy atom. The van der Waals surface area contributed by atoms with Gasteiger partial charge >= 0.3 is 0 Å². The largest absolute Gasteiger partial charge is 0.352 e. The average Bonchev–Trinajstić information content (AvgIpc) is 2.31. The molecule has 0 aromatic heterocycles. The molecule has 0 spiro atoms. The first kappa shape index (κ1) is 13.5. The highest BCUT2D eigenvalue weighted by atomic mass is 16.2. The molecule has 1 aliphatic heterocycles. The van der Waals surface area contributed by atoms with E-state index in [1.165, 1.54) is 12.8 Å². The second-order valence-electron chi connectivity index (χ2n) is 4.88. The highest BCUT2D eigenvalue weighted by Gasteiger charge is 2.23. The van der Waals surface area contributed by atoms with E-state index in [0.29, 0.717) is 12.0 Å². The quantitative estimate of drug-likeness (QED) is 0.753. The van der Waals surface area contributed by atoms with Crippen LogP contribution >= 0.6 is 0 Å². The van der Waals surface area contributed by atoms with Crippen molar-refractivity contribution < 1.29 is 4.79 Å². The number of hydrogen-bond acceptors (Lipinski definition) is 2. The predicted octanol–water partition coefficient (Wildman–Crippen LogP) is 2.07. The molecule has 1 amide bonds. The minimum Gasteiger partial charge on any atom is -0.352 e. The Morgan fingerprint density at radius 1 is 1.38 bits per heavy atom. The lowest BCUT2D eigenvalue weighted by Gasteiger charge is -2.27. The van der Waals surface area contributed by atoms with Gasteiger partial charge in [0.05, 0.1) is 6.04 Å². The molecule has 0 aromatic carbocycles. The zero-order chi connectivity index (χ0) is 12.0. The Morgan fingerprint density at radius 3 is 2.56 bits per heavy atom. The average molecular weight is 226 g/mol. The van der Waals surface area contributed by atoms with Gasteiger partial charge in [-0.25, -0.2) is 0 Å². The van der Waals surface area contributed by atoms with E-state index in [1.807, 2.05) is 0 Å². The normalized spacial score (nSPS) is 23.1. The number of rotatable bonds is 5. The molecule has 2 N–H and O–H groups in total. The molecule has 1 rings (SSSR count). The van der Waals surface area contributed by atoms with Gasteiger partial charge in [-0.3, -0.25) is 4.79 Å². The van der Waals surface area contributed by atoms with Crippen LogP contribution in [0.15, 0.2) is 0 Å². The molecule has 0 saturated carbocycles. The van der Waals surface area contributed by atoms with E-state index >= 15 is 0 Å². The van der Waals surface area contributed by atoms with Gasteiger partial charge < -0.3 is 10.6 Å². The molecule has 1 unspecified atom stereocenters. The second kappa shape index (κ2) is 6.89. The van der Waals surface area contributed by atoms with Gasteiger partial charge in [0.1, 0.15) is 0 Å². The van der Waals surface area contributed by atoms with E-state index in [0.717, 1.165) is 25.8 Å². The molecular weight excluding hydrogens is 200 g/mol. The Bertz CT molecular complexity index is 208. The van der Waals surface area contributed by atoms with Gasteiger partial charge in [-0.2, -0.15) is 0 Å². The van der Waals surface area contributed by atoms with Crippen LogP contribution in [0.3, 0.4) is 0 Å². The van der Waals surface area contributed by atoms with E-state index in [-0.39, 0.29) is 11.9 Å². The third-order valence-electron chi connectivity index (χ3n) is 3.75. The summed E-state index contributed by atoms with van der Waals surface area (Å²) in [5.74, 6) is 0.798. The Hall–Kier alpha value is -0.570. The zero-order valence-corrected chi connectivity index (χ0v) is 10.9. The summed E-state index contributed by atoms with van der Waals surface area (Å²) in [5, 5.41) is 6.44. The summed E-state index contributed by atoms with van der Waals surface area (Å²) >= 11 is 0. The van der Waals surface area contributed by atoms with Crippen molar-refractivity contribution in [2.45, 2.75) is 65.0 Å². The van der Waals surface area contributed by atoms with Crippen molar-refractivity contribution in [3.63, 3.8) is 0 Å². The van der Waals surface area contributed by atoms with Gasteiger partial charge in [-0.05, 0) is 32.2 Å². The van der Waals surface area contributed by atoms with Crippen molar-refractivity contribution in [2.24, 2.45) is 5.92 Å². The van der Waals surface area contributed by atoms with Crippen molar-refractivity contribution in [1.29, 1.82) is 0 Å². The minimum atomic E-state index is 0.0468. The highest BCUT2D eigenvalue weighted by Crippen LogP contribution is 2.13. The summed E-state index contributed by atoms with van der Waals surface area (Å²) in [5.41, 5.74) is 0. The lowest BCUT2D eigenvalue weighted by molar-refractivity contribution is -0.124. The van der Waals surface area contributed by atoms with Gasteiger partial charge in [-0.15, -0.1) is 0 Å². The molecule has 2 atom stereocenters. The van der Waals surface area contributed by atoms with Crippen molar-refractivity contribution in [2.75, 3.05) is 6.54 Å². The van der Waals surface area contributed by atoms with E-state index in [1.54, 1.807) is 0 Å². The minimum absolute atomic E-state index is 0.0468. The Labute approximate surface area is 99.4 Å². The maximum absolute atomic E-state index is 12.0. The second-order valence-corrected chi connectivity index (χ2v) is 4.88. The molecule has 1 saturated heterocycles. The van der Waals surface area contributed by atoms with Crippen LogP contribution in [0.1, 0.15) is 52.9 Å². The molecule has 1 aliphatic rings. The van der Waals surface area contributed by atoms with Crippen LogP contribution < -0.4 is 10.6 Å². The summed E-state index contributed by atoms with van der Waals surface area (Å²) in [4.78, 5) is 12.0. The first-order valence-electron chi connectivity index (χ1n) is 6.72. The molecule has 3 heteroatoms. The zero-order valence-electron chi connectivity index (χ0n) is 10.9. The van der Waals surface area contributed by atoms with Gasteiger partial charge in [0.25, 0.3) is 0 Å². The SMILES string of the molecule is CCC(CC)C(C)NC(=O)[C@@H]1CCCCN1. The van der Waals surface area contributed by atoms with E-state index < -0.39 is 0 Å². The summed E-state index contributed by atoms with van der Waals surface area (Å²) in [7, 11) is 0. The van der Waals surface area contributed by atoms with Crippen LogP contribution in [-0.2, 0) is 4.79 Å². The molecule has 0 radical (unpaired) electrons. The Balaban J connectivity index is 2.37. The number of amides is 1.